The summed E-state index contributed by atoms with van der Waals surface area (Å²) >= 11 is 0. The van der Waals surface area contributed by atoms with Gasteiger partial charge in [0.2, 0.25) is 0 Å². The summed E-state index contributed by atoms with van der Waals surface area (Å²) in [4.78, 5) is 2.21. The Balaban J connectivity index is 0.000000163. The van der Waals surface area contributed by atoms with Crippen LogP contribution in [0.15, 0.2) is 267 Å². The lowest BCUT2D eigenvalue weighted by Gasteiger charge is -2.25. The van der Waals surface area contributed by atoms with E-state index in [1.165, 1.54) is 94.3 Å². The lowest BCUT2D eigenvalue weighted by atomic mass is 9.81. The van der Waals surface area contributed by atoms with Crippen LogP contribution in [-0.4, -0.2) is 4.57 Å². The molecule has 0 fully saturated rings. The van der Waals surface area contributed by atoms with Gasteiger partial charge in [0.1, 0.15) is 0 Å². The summed E-state index contributed by atoms with van der Waals surface area (Å²) in [7, 11) is 0. The van der Waals surface area contributed by atoms with Crippen LogP contribution in [0, 0.1) is 13.8 Å². The van der Waals surface area contributed by atoms with Gasteiger partial charge in [-0.2, -0.15) is 0 Å². The summed E-state index contributed by atoms with van der Waals surface area (Å²) in [6.45, 7) is 15.2. The Bertz CT molecular complexity index is 3600. The first kappa shape index (κ1) is 45.3. The third-order valence-electron chi connectivity index (χ3n) is 13.5. The average molecular weight is 903 g/mol. The molecule has 1 aliphatic heterocycles. The lowest BCUT2D eigenvalue weighted by molar-refractivity contribution is 0.656. The van der Waals surface area contributed by atoms with Crippen LogP contribution < -0.4 is 4.90 Å². The quantitative estimate of drug-likeness (QED) is 0.167. The normalized spacial score (nSPS) is 15.4. The fraction of sp³-hybridized carbons (Fsp3) is 0.0882. The van der Waals surface area contributed by atoms with Crippen molar-refractivity contribution in [3.05, 3.63) is 294 Å². The molecule has 0 unspecified atom stereocenters. The number of hydrogen-bond acceptors (Lipinski definition) is 1. The van der Waals surface area contributed by atoms with Crippen LogP contribution in [0.4, 0.5) is 5.69 Å². The average Bonchev–Trinajstić information content (AvgIpc) is 3.84. The summed E-state index contributed by atoms with van der Waals surface area (Å²) in [6, 6.07) is 80.3. The van der Waals surface area contributed by atoms with Crippen molar-refractivity contribution < 1.29 is 0 Å². The highest BCUT2D eigenvalue weighted by molar-refractivity contribution is 6.11. The van der Waals surface area contributed by atoms with E-state index in [4.69, 9.17) is 0 Å². The molecule has 0 atom stereocenters. The van der Waals surface area contributed by atoms with Crippen LogP contribution in [0.3, 0.4) is 0 Å². The molecule has 0 radical (unpaired) electrons. The number of hydrogen-bond donors (Lipinski definition) is 0. The van der Waals surface area contributed by atoms with Crippen molar-refractivity contribution in [3.8, 4) is 39.1 Å². The van der Waals surface area contributed by atoms with Gasteiger partial charge >= 0.3 is 0 Å². The van der Waals surface area contributed by atoms with Crippen LogP contribution >= 0.6 is 0 Å². The molecule has 0 spiro atoms. The topological polar surface area (TPSA) is 8.17 Å². The van der Waals surface area contributed by atoms with Gasteiger partial charge in [0.05, 0.1) is 22.4 Å². The summed E-state index contributed by atoms with van der Waals surface area (Å²) < 4.78 is 2.49. The van der Waals surface area contributed by atoms with Gasteiger partial charge in [-0.1, -0.05) is 220 Å². The van der Waals surface area contributed by atoms with Crippen molar-refractivity contribution in [2.45, 2.75) is 40.0 Å². The number of aryl methyl sites for hydroxylation is 2. The van der Waals surface area contributed by atoms with Gasteiger partial charge in [-0.05, 0) is 137 Å². The van der Waals surface area contributed by atoms with Crippen molar-refractivity contribution >= 4 is 33.2 Å². The second-order valence-electron chi connectivity index (χ2n) is 18.9. The van der Waals surface area contributed by atoms with Crippen LogP contribution in [0.25, 0.3) is 66.6 Å². The van der Waals surface area contributed by atoms with E-state index >= 15 is 0 Å². The first-order chi connectivity index (χ1) is 34.1. The molecular formula is C68H58N2. The molecule has 2 aliphatic rings. The Morgan fingerprint density at radius 3 is 1.70 bits per heavy atom. The molecule has 70 heavy (non-hydrogen) atoms. The Morgan fingerprint density at radius 1 is 0.429 bits per heavy atom. The maximum absolute atomic E-state index is 4.16. The fourth-order valence-electron chi connectivity index (χ4n) is 10.2. The number of para-hydroxylation sites is 2. The van der Waals surface area contributed by atoms with Crippen LogP contribution in [-0.2, 0) is 5.41 Å². The van der Waals surface area contributed by atoms with Crippen LogP contribution in [0.2, 0.25) is 0 Å². The van der Waals surface area contributed by atoms with Gasteiger partial charge in [-0.3, -0.25) is 0 Å². The molecule has 0 saturated heterocycles. The minimum Gasteiger partial charge on any atom is -0.317 e. The zero-order valence-electron chi connectivity index (χ0n) is 40.8. The molecule has 0 amide bonds. The summed E-state index contributed by atoms with van der Waals surface area (Å²) in [5.74, 6) is 0. The van der Waals surface area contributed by atoms with E-state index in [9.17, 15) is 0 Å². The molecular weight excluding hydrogens is 845 g/mol. The highest BCUT2D eigenvalue weighted by Gasteiger charge is 2.38. The summed E-state index contributed by atoms with van der Waals surface area (Å²) in [6.07, 6.45) is 8.47. The number of allylic oxidation sites excluding steroid dienone is 5. The third-order valence-corrected chi connectivity index (χ3v) is 13.5. The molecule has 340 valence electrons. The Kier molecular flexibility index (Phi) is 12.7. The smallest absolute Gasteiger partial charge is 0.0541 e. The monoisotopic (exact) mass is 902 g/mol. The van der Waals surface area contributed by atoms with Gasteiger partial charge in [-0.25, -0.2) is 0 Å². The molecule has 12 rings (SSSR count). The number of rotatable bonds is 5. The molecule has 10 aromatic rings. The van der Waals surface area contributed by atoms with Crippen molar-refractivity contribution in [1.29, 1.82) is 0 Å². The second-order valence-corrected chi connectivity index (χ2v) is 18.9. The molecule has 1 aromatic heterocycles. The van der Waals surface area contributed by atoms with Crippen molar-refractivity contribution in [1.82, 2.24) is 4.57 Å². The van der Waals surface area contributed by atoms with E-state index in [1.54, 1.807) is 0 Å². The molecule has 1 aliphatic carbocycles. The first-order valence-electron chi connectivity index (χ1n) is 24.3. The van der Waals surface area contributed by atoms with Crippen LogP contribution in [0.5, 0.6) is 0 Å². The van der Waals surface area contributed by atoms with E-state index in [1.807, 2.05) is 30.3 Å². The Labute approximate surface area is 414 Å². The zero-order valence-corrected chi connectivity index (χ0v) is 40.8. The number of aromatic nitrogens is 1. The predicted molar refractivity (Wildman–Crippen MR) is 301 cm³/mol. The van der Waals surface area contributed by atoms with Crippen molar-refractivity contribution in [3.63, 3.8) is 0 Å². The second kappa shape index (κ2) is 19.6. The maximum atomic E-state index is 4.16. The van der Waals surface area contributed by atoms with Gasteiger partial charge in [0.25, 0.3) is 0 Å². The minimum absolute atomic E-state index is 0.0869. The van der Waals surface area contributed by atoms with Crippen molar-refractivity contribution in [2.75, 3.05) is 4.90 Å². The molecule has 2 nitrogen and oxygen atoms in total. The zero-order chi connectivity index (χ0) is 48.2. The standard InChI is InChI=1S/C40H31N.C21H19N.C7H8/c1-26-11-8-12-27(23-26)28-13-9-14-29(24-28)30-21-22-37-34(25-30)32-16-5-7-19-36(32)41(37)38-20-10-17-33-31-15-4-6-18-35(31)40(2,3)39(33)38;1-17-13-14-22(20-11-7-4-8-12-20)21(16-18(2)15-17)19-9-5-3-6-10-19;1-7-5-3-2-4-6-7/h4-25H,1-3H3;3-16H,2H2,1H3;2-6H,1H3/b;14-13-,17-15-,21-16-;. The van der Waals surface area contributed by atoms with Gasteiger partial charge in [-0.15, -0.1) is 0 Å². The third kappa shape index (κ3) is 9.12. The summed E-state index contributed by atoms with van der Waals surface area (Å²) in [5.41, 5.74) is 22.4. The van der Waals surface area contributed by atoms with Gasteiger partial charge < -0.3 is 9.47 Å². The van der Waals surface area contributed by atoms with Crippen molar-refractivity contribution in [2.24, 2.45) is 0 Å². The van der Waals surface area contributed by atoms with Gasteiger partial charge in [0, 0.05) is 28.1 Å². The molecule has 2 heterocycles. The number of benzene rings is 9. The predicted octanol–water partition coefficient (Wildman–Crippen LogP) is 18.3. The molecule has 9 aromatic carbocycles. The lowest BCUT2D eigenvalue weighted by Crippen LogP contribution is -2.17. The van der Waals surface area contributed by atoms with E-state index in [0.717, 1.165) is 17.0 Å². The molecule has 0 saturated carbocycles. The first-order valence-corrected chi connectivity index (χ1v) is 24.3. The largest absolute Gasteiger partial charge is 0.317 e. The highest BCUT2D eigenvalue weighted by atomic mass is 15.1. The number of anilines is 1. The van der Waals surface area contributed by atoms with E-state index in [2.05, 4.69) is 269 Å². The maximum Gasteiger partial charge on any atom is 0.0541 e. The van der Waals surface area contributed by atoms with E-state index < -0.39 is 0 Å². The number of fused-ring (bicyclic) bond motifs is 6. The Hall–Kier alpha value is -8.46. The minimum atomic E-state index is -0.0869. The fourth-order valence-corrected chi connectivity index (χ4v) is 10.2. The number of nitrogens with zero attached hydrogens (tertiary/aromatic N) is 2. The van der Waals surface area contributed by atoms with E-state index in [0.29, 0.717) is 0 Å². The summed E-state index contributed by atoms with van der Waals surface area (Å²) in [5, 5.41) is 2.56. The van der Waals surface area contributed by atoms with Gasteiger partial charge in [0.15, 0.2) is 0 Å². The molecule has 2 heteroatoms. The highest BCUT2D eigenvalue weighted by Crippen LogP contribution is 2.52. The van der Waals surface area contributed by atoms with E-state index in [-0.39, 0.29) is 5.41 Å². The SMILES string of the molecule is C=C1/C=C(C)\C=C/N(c2ccccc2)/C(c2ccccc2)=C\1.Cc1cccc(-c2cccc(-c3ccc4c(c3)c3ccccc3n4-c3cccc4c3C(C)(C)c3ccccc3-4)c2)c1.Cc1ccccc1. The Morgan fingerprint density at radius 2 is 0.986 bits per heavy atom. The van der Waals surface area contributed by atoms with Crippen LogP contribution in [0.1, 0.15) is 48.6 Å². The molecule has 0 N–H and O–H groups in total. The molecule has 0 bridgehead atoms.